The van der Waals surface area contributed by atoms with Gasteiger partial charge in [0.05, 0.1) is 0 Å². The normalized spacial score (nSPS) is 12.4. The fraction of sp³-hybridized carbons (Fsp3) is 0.636. The van der Waals surface area contributed by atoms with Gasteiger partial charge in [-0.2, -0.15) is 0 Å². The third-order valence-electron chi connectivity index (χ3n) is 1.89. The zero-order valence-electron chi connectivity index (χ0n) is 8.18. The molecule has 0 rings (SSSR count). The van der Waals surface area contributed by atoms with E-state index in [9.17, 15) is 0 Å². The van der Waals surface area contributed by atoms with Gasteiger partial charge in [-0.15, -0.1) is 13.2 Å². The summed E-state index contributed by atoms with van der Waals surface area (Å²) < 4.78 is 0. The fourth-order valence-corrected chi connectivity index (χ4v) is 1.10. The summed E-state index contributed by atoms with van der Waals surface area (Å²) in [6.07, 6.45) is 8.72. The highest BCUT2D eigenvalue weighted by atomic mass is 14.9. The molecule has 1 nitrogen and oxygen atoms in total. The van der Waals surface area contributed by atoms with E-state index in [4.69, 9.17) is 0 Å². The van der Waals surface area contributed by atoms with Crippen molar-refractivity contribution in [2.24, 2.45) is 0 Å². The summed E-state index contributed by atoms with van der Waals surface area (Å²) in [6, 6.07) is 0.416. The van der Waals surface area contributed by atoms with Crippen LogP contribution in [0.3, 0.4) is 0 Å². The van der Waals surface area contributed by atoms with E-state index < -0.39 is 0 Å². The van der Waals surface area contributed by atoms with E-state index in [1.54, 1.807) is 0 Å². The average Bonchev–Trinajstić information content (AvgIpc) is 2.10. The Morgan fingerprint density at radius 3 is 2.58 bits per heavy atom. The largest absolute Gasteiger partial charge is 0.310 e. The number of hydrogen-bond donors (Lipinski definition) is 1. The lowest BCUT2D eigenvalue weighted by atomic mass is 10.2. The Labute approximate surface area is 76.6 Å². The summed E-state index contributed by atoms with van der Waals surface area (Å²) in [4.78, 5) is 0. The van der Waals surface area contributed by atoms with Crippen molar-refractivity contribution in [1.29, 1.82) is 0 Å². The van der Waals surface area contributed by atoms with Crippen LogP contribution in [0, 0.1) is 0 Å². The van der Waals surface area contributed by atoms with Crippen molar-refractivity contribution in [3.05, 3.63) is 25.3 Å². The van der Waals surface area contributed by atoms with Crippen molar-refractivity contribution < 1.29 is 0 Å². The average molecular weight is 167 g/mol. The minimum absolute atomic E-state index is 0.416. The Bertz CT molecular complexity index is 118. The van der Waals surface area contributed by atoms with E-state index in [2.05, 4.69) is 25.4 Å². The highest BCUT2D eigenvalue weighted by molar-refractivity contribution is 4.90. The van der Waals surface area contributed by atoms with Crippen LogP contribution in [0.25, 0.3) is 0 Å². The quantitative estimate of drug-likeness (QED) is 0.433. The number of hydrogen-bond acceptors (Lipinski definition) is 1. The van der Waals surface area contributed by atoms with E-state index in [1.165, 1.54) is 19.3 Å². The molecular weight excluding hydrogens is 146 g/mol. The zero-order valence-corrected chi connectivity index (χ0v) is 8.18. The molecule has 0 aliphatic rings. The third-order valence-corrected chi connectivity index (χ3v) is 1.89. The predicted octanol–water partition coefficient (Wildman–Crippen LogP) is 2.90. The highest BCUT2D eigenvalue weighted by Gasteiger charge is 1.98. The molecule has 0 amide bonds. The summed E-state index contributed by atoms with van der Waals surface area (Å²) in [7, 11) is 0. The van der Waals surface area contributed by atoms with E-state index in [1.807, 2.05) is 12.2 Å². The van der Waals surface area contributed by atoms with Crippen molar-refractivity contribution in [1.82, 2.24) is 5.32 Å². The lowest BCUT2D eigenvalue weighted by molar-refractivity contribution is 0.562. The second-order valence-corrected chi connectivity index (χ2v) is 3.03. The van der Waals surface area contributed by atoms with Crippen LogP contribution in [-0.2, 0) is 0 Å². The molecule has 0 saturated carbocycles. The van der Waals surface area contributed by atoms with Crippen LogP contribution in [-0.4, -0.2) is 12.6 Å². The number of rotatable bonds is 8. The Hall–Kier alpha value is -0.560. The van der Waals surface area contributed by atoms with Crippen LogP contribution in [0.2, 0.25) is 0 Å². The molecule has 0 spiro atoms. The summed E-state index contributed by atoms with van der Waals surface area (Å²) >= 11 is 0. The Morgan fingerprint density at radius 2 is 2.08 bits per heavy atom. The number of unbranched alkanes of at least 4 members (excludes halogenated alkanes) is 2. The van der Waals surface area contributed by atoms with E-state index in [0.29, 0.717) is 6.04 Å². The molecular formula is C11H21N. The van der Waals surface area contributed by atoms with Gasteiger partial charge < -0.3 is 5.32 Å². The third kappa shape index (κ3) is 6.17. The maximum absolute atomic E-state index is 3.77. The van der Waals surface area contributed by atoms with Gasteiger partial charge in [0.25, 0.3) is 0 Å². The Balaban J connectivity index is 3.31. The summed E-state index contributed by atoms with van der Waals surface area (Å²) in [5.74, 6) is 0. The van der Waals surface area contributed by atoms with E-state index in [-0.39, 0.29) is 0 Å². The second-order valence-electron chi connectivity index (χ2n) is 3.03. The zero-order chi connectivity index (χ0) is 9.23. The van der Waals surface area contributed by atoms with Gasteiger partial charge >= 0.3 is 0 Å². The van der Waals surface area contributed by atoms with Crippen molar-refractivity contribution in [2.75, 3.05) is 6.54 Å². The maximum Gasteiger partial charge on any atom is 0.0281 e. The SMILES string of the molecule is C=CCC(C=C)NCCCCC. The van der Waals surface area contributed by atoms with Crippen molar-refractivity contribution in [2.45, 2.75) is 38.6 Å². The predicted molar refractivity (Wildman–Crippen MR) is 56.3 cm³/mol. The second kappa shape index (κ2) is 8.54. The van der Waals surface area contributed by atoms with Crippen LogP contribution >= 0.6 is 0 Å². The molecule has 1 heteroatoms. The van der Waals surface area contributed by atoms with Gasteiger partial charge in [-0.05, 0) is 19.4 Å². The minimum atomic E-state index is 0.416. The molecule has 0 saturated heterocycles. The molecule has 0 radical (unpaired) electrons. The van der Waals surface area contributed by atoms with Crippen LogP contribution < -0.4 is 5.32 Å². The molecule has 0 bridgehead atoms. The molecule has 1 N–H and O–H groups in total. The summed E-state index contributed by atoms with van der Waals surface area (Å²) in [5.41, 5.74) is 0. The van der Waals surface area contributed by atoms with E-state index >= 15 is 0 Å². The van der Waals surface area contributed by atoms with Gasteiger partial charge in [0.2, 0.25) is 0 Å². The molecule has 70 valence electrons. The van der Waals surface area contributed by atoms with Crippen LogP contribution in [0.1, 0.15) is 32.6 Å². The fourth-order valence-electron chi connectivity index (χ4n) is 1.10. The lowest BCUT2D eigenvalue weighted by Gasteiger charge is -2.11. The first-order valence-electron chi connectivity index (χ1n) is 4.82. The monoisotopic (exact) mass is 167 g/mol. The standard InChI is InChI=1S/C11H21N/c1-4-7-8-10-12-11(6-3)9-5-2/h5-6,11-12H,2-4,7-10H2,1H3. The van der Waals surface area contributed by atoms with Crippen LogP contribution in [0.4, 0.5) is 0 Å². The number of nitrogens with one attached hydrogen (secondary N) is 1. The van der Waals surface area contributed by atoms with Crippen molar-refractivity contribution in [3.63, 3.8) is 0 Å². The molecule has 12 heavy (non-hydrogen) atoms. The highest BCUT2D eigenvalue weighted by Crippen LogP contribution is 1.96. The first-order valence-corrected chi connectivity index (χ1v) is 4.82. The summed E-state index contributed by atoms with van der Waals surface area (Å²) in [5, 5.41) is 3.42. The molecule has 1 atom stereocenters. The van der Waals surface area contributed by atoms with Gasteiger partial charge in [0.15, 0.2) is 0 Å². The lowest BCUT2D eigenvalue weighted by Crippen LogP contribution is -2.27. The first kappa shape index (κ1) is 11.4. The van der Waals surface area contributed by atoms with Crippen molar-refractivity contribution >= 4 is 0 Å². The molecule has 0 aliphatic carbocycles. The molecule has 0 aliphatic heterocycles. The Kier molecular flexibility index (Phi) is 8.14. The molecule has 0 aromatic rings. The van der Waals surface area contributed by atoms with Gasteiger partial charge in [-0.25, -0.2) is 0 Å². The molecule has 0 heterocycles. The molecule has 1 unspecified atom stereocenters. The molecule has 0 aromatic heterocycles. The van der Waals surface area contributed by atoms with E-state index in [0.717, 1.165) is 13.0 Å². The minimum Gasteiger partial charge on any atom is -0.310 e. The molecule has 0 fully saturated rings. The first-order chi connectivity index (χ1) is 5.85. The summed E-state index contributed by atoms with van der Waals surface area (Å²) in [6.45, 7) is 10.8. The maximum atomic E-state index is 3.77. The smallest absolute Gasteiger partial charge is 0.0281 e. The van der Waals surface area contributed by atoms with Gasteiger partial charge in [0.1, 0.15) is 0 Å². The van der Waals surface area contributed by atoms with Gasteiger partial charge in [0, 0.05) is 6.04 Å². The van der Waals surface area contributed by atoms with Crippen LogP contribution in [0.5, 0.6) is 0 Å². The van der Waals surface area contributed by atoms with Gasteiger partial charge in [-0.3, -0.25) is 0 Å². The molecule has 0 aromatic carbocycles. The van der Waals surface area contributed by atoms with Crippen LogP contribution in [0.15, 0.2) is 25.3 Å². The van der Waals surface area contributed by atoms with Crippen molar-refractivity contribution in [3.8, 4) is 0 Å². The topological polar surface area (TPSA) is 12.0 Å². The Morgan fingerprint density at radius 1 is 1.33 bits per heavy atom. The van der Waals surface area contributed by atoms with Gasteiger partial charge in [-0.1, -0.05) is 31.9 Å².